The van der Waals surface area contributed by atoms with E-state index < -0.39 is 0 Å². The number of hydrogen-bond acceptors (Lipinski definition) is 4. The fourth-order valence-corrected chi connectivity index (χ4v) is 2.79. The van der Waals surface area contributed by atoms with Crippen LogP contribution in [0.2, 0.25) is 0 Å². The molecule has 1 aliphatic rings. The van der Waals surface area contributed by atoms with Crippen molar-refractivity contribution in [2.24, 2.45) is 0 Å². The number of carbonyl (C=O) groups excluding carboxylic acids is 2. The summed E-state index contributed by atoms with van der Waals surface area (Å²) in [6, 6.07) is 7.22. The lowest BCUT2D eigenvalue weighted by Gasteiger charge is -2.07. The van der Waals surface area contributed by atoms with Crippen molar-refractivity contribution in [3.05, 3.63) is 47.0 Å². The third-order valence-electron chi connectivity index (χ3n) is 4.08. The Hall–Kier alpha value is -2.70. The van der Waals surface area contributed by atoms with Gasteiger partial charge in [-0.1, -0.05) is 12.1 Å². The predicted octanol–water partition coefficient (Wildman–Crippen LogP) is 0.833. The number of nitrogens with zero attached hydrogens (tertiary/aromatic N) is 3. The van der Waals surface area contributed by atoms with Gasteiger partial charge >= 0.3 is 0 Å². The van der Waals surface area contributed by atoms with Gasteiger partial charge < -0.3 is 15.2 Å². The van der Waals surface area contributed by atoms with Crippen molar-refractivity contribution in [3.63, 3.8) is 0 Å². The molecule has 2 aromatic rings. The molecule has 0 unspecified atom stereocenters. The molecule has 0 saturated carbocycles. The van der Waals surface area contributed by atoms with Crippen molar-refractivity contribution in [2.45, 2.75) is 39.3 Å². The Morgan fingerprint density at radius 2 is 1.96 bits per heavy atom. The molecule has 2 amide bonds. The van der Waals surface area contributed by atoms with Gasteiger partial charge in [-0.2, -0.15) is 0 Å². The van der Waals surface area contributed by atoms with E-state index in [4.69, 9.17) is 0 Å². The Balaban J connectivity index is 1.48. The Bertz CT molecular complexity index is 736. The van der Waals surface area contributed by atoms with Gasteiger partial charge in [-0.25, -0.2) is 0 Å². The van der Waals surface area contributed by atoms with Gasteiger partial charge in [0.1, 0.15) is 11.6 Å². The maximum absolute atomic E-state index is 12.2. The van der Waals surface area contributed by atoms with Crippen LogP contribution < -0.4 is 10.6 Å². The number of carbonyl (C=O) groups is 2. The lowest BCUT2D eigenvalue weighted by molar-refractivity contribution is -0.119. The number of benzene rings is 1. The topological polar surface area (TPSA) is 88.9 Å². The first-order chi connectivity index (χ1) is 11.6. The van der Waals surface area contributed by atoms with E-state index in [2.05, 4.69) is 25.4 Å². The fourth-order valence-electron chi connectivity index (χ4n) is 2.79. The van der Waals surface area contributed by atoms with E-state index in [1.54, 1.807) is 12.1 Å². The summed E-state index contributed by atoms with van der Waals surface area (Å²) in [6.45, 7) is 3.45. The monoisotopic (exact) mass is 327 g/mol. The van der Waals surface area contributed by atoms with Gasteiger partial charge in [0.25, 0.3) is 5.91 Å². The molecular formula is C17H21N5O2. The summed E-state index contributed by atoms with van der Waals surface area (Å²) in [5.74, 6) is 1.80. The molecule has 0 spiro atoms. The van der Waals surface area contributed by atoms with Crippen LogP contribution in [-0.2, 0) is 30.7 Å². The largest absolute Gasteiger partial charge is 0.352 e. The Morgan fingerprint density at radius 1 is 1.17 bits per heavy atom. The van der Waals surface area contributed by atoms with Crippen molar-refractivity contribution in [1.29, 1.82) is 0 Å². The second-order valence-electron chi connectivity index (χ2n) is 5.90. The summed E-state index contributed by atoms with van der Waals surface area (Å²) in [5, 5.41) is 14.0. The molecule has 3 rings (SSSR count). The number of aromatic nitrogens is 3. The molecule has 7 nitrogen and oxygen atoms in total. The van der Waals surface area contributed by atoms with Crippen LogP contribution in [0, 0.1) is 0 Å². The van der Waals surface area contributed by atoms with E-state index in [1.165, 1.54) is 6.92 Å². The quantitative estimate of drug-likeness (QED) is 0.822. The maximum Gasteiger partial charge on any atom is 0.251 e. The number of rotatable bonds is 6. The van der Waals surface area contributed by atoms with Gasteiger partial charge in [0, 0.05) is 45.0 Å². The molecular weight excluding hydrogens is 306 g/mol. The van der Waals surface area contributed by atoms with Crippen LogP contribution in [0.15, 0.2) is 24.3 Å². The standard InChI is InChI=1S/C17H21N5O2/c1-12(23)19-11-13-4-6-14(7-5-13)17(24)18-9-8-16-21-20-15-3-2-10-22(15)16/h4-7H,2-3,8-11H2,1H3,(H,18,24)(H,19,23). The first-order valence-electron chi connectivity index (χ1n) is 8.16. The molecule has 0 radical (unpaired) electrons. The minimum atomic E-state index is -0.109. The van der Waals surface area contributed by atoms with Crippen LogP contribution in [0.4, 0.5) is 0 Å². The van der Waals surface area contributed by atoms with Crippen molar-refractivity contribution < 1.29 is 9.59 Å². The Labute approximate surface area is 140 Å². The molecule has 0 bridgehead atoms. The van der Waals surface area contributed by atoms with E-state index >= 15 is 0 Å². The normalized spacial score (nSPS) is 12.7. The Morgan fingerprint density at radius 3 is 2.71 bits per heavy atom. The Kier molecular flexibility index (Phi) is 4.88. The van der Waals surface area contributed by atoms with E-state index in [0.717, 1.165) is 36.6 Å². The number of nitrogens with one attached hydrogen (secondary N) is 2. The second kappa shape index (κ2) is 7.25. The molecule has 1 aliphatic heterocycles. The van der Waals surface area contributed by atoms with Crippen LogP contribution in [0.3, 0.4) is 0 Å². The first kappa shape index (κ1) is 16.2. The molecule has 2 N–H and O–H groups in total. The highest BCUT2D eigenvalue weighted by atomic mass is 16.2. The molecule has 0 aliphatic carbocycles. The summed E-state index contributed by atoms with van der Waals surface area (Å²) in [7, 11) is 0. The summed E-state index contributed by atoms with van der Waals surface area (Å²) >= 11 is 0. The van der Waals surface area contributed by atoms with Crippen LogP contribution in [0.25, 0.3) is 0 Å². The van der Waals surface area contributed by atoms with Crippen LogP contribution in [0.1, 0.15) is 40.9 Å². The third kappa shape index (κ3) is 3.79. The smallest absolute Gasteiger partial charge is 0.251 e. The molecule has 126 valence electrons. The van der Waals surface area contributed by atoms with Gasteiger partial charge in [0.15, 0.2) is 0 Å². The summed E-state index contributed by atoms with van der Waals surface area (Å²) in [4.78, 5) is 23.1. The van der Waals surface area contributed by atoms with E-state index in [-0.39, 0.29) is 11.8 Å². The highest BCUT2D eigenvalue weighted by Gasteiger charge is 2.17. The summed E-state index contributed by atoms with van der Waals surface area (Å²) in [5.41, 5.74) is 1.56. The van der Waals surface area contributed by atoms with Crippen LogP contribution in [0.5, 0.6) is 0 Å². The van der Waals surface area contributed by atoms with Gasteiger partial charge in [0.05, 0.1) is 0 Å². The highest BCUT2D eigenvalue weighted by molar-refractivity contribution is 5.94. The lowest BCUT2D eigenvalue weighted by Crippen LogP contribution is -2.26. The molecule has 0 atom stereocenters. The zero-order valence-electron chi connectivity index (χ0n) is 13.7. The van der Waals surface area contributed by atoms with E-state index in [9.17, 15) is 9.59 Å². The van der Waals surface area contributed by atoms with Crippen LogP contribution in [-0.4, -0.2) is 33.1 Å². The predicted molar refractivity (Wildman–Crippen MR) is 88.3 cm³/mol. The minimum absolute atomic E-state index is 0.0724. The number of aryl methyl sites for hydroxylation is 1. The number of amides is 2. The molecule has 0 fully saturated rings. The fraction of sp³-hybridized carbons (Fsp3) is 0.412. The molecule has 1 aromatic heterocycles. The third-order valence-corrected chi connectivity index (χ3v) is 4.08. The maximum atomic E-state index is 12.2. The molecule has 2 heterocycles. The van der Waals surface area contributed by atoms with Crippen molar-refractivity contribution in [2.75, 3.05) is 6.54 Å². The first-order valence-corrected chi connectivity index (χ1v) is 8.16. The van der Waals surface area contributed by atoms with Crippen molar-refractivity contribution >= 4 is 11.8 Å². The zero-order valence-corrected chi connectivity index (χ0v) is 13.7. The molecule has 0 saturated heterocycles. The van der Waals surface area contributed by atoms with Gasteiger partial charge in [-0.15, -0.1) is 10.2 Å². The van der Waals surface area contributed by atoms with Gasteiger partial charge in [0.2, 0.25) is 5.91 Å². The molecule has 7 heteroatoms. The average molecular weight is 327 g/mol. The number of fused-ring (bicyclic) bond motifs is 1. The van der Waals surface area contributed by atoms with E-state index in [1.807, 2.05) is 12.1 Å². The van der Waals surface area contributed by atoms with Crippen molar-refractivity contribution in [1.82, 2.24) is 25.4 Å². The molecule has 24 heavy (non-hydrogen) atoms. The average Bonchev–Trinajstić information content (AvgIpc) is 3.18. The number of hydrogen-bond donors (Lipinski definition) is 2. The second-order valence-corrected chi connectivity index (χ2v) is 5.90. The molecule has 1 aromatic carbocycles. The minimum Gasteiger partial charge on any atom is -0.352 e. The lowest BCUT2D eigenvalue weighted by atomic mass is 10.1. The highest BCUT2D eigenvalue weighted by Crippen LogP contribution is 2.14. The van der Waals surface area contributed by atoms with Gasteiger partial charge in [-0.05, 0) is 24.1 Å². The summed E-state index contributed by atoms with van der Waals surface area (Å²) in [6.07, 6.45) is 2.79. The van der Waals surface area contributed by atoms with Crippen molar-refractivity contribution in [3.8, 4) is 0 Å². The zero-order chi connectivity index (χ0) is 16.9. The van der Waals surface area contributed by atoms with Gasteiger partial charge in [-0.3, -0.25) is 9.59 Å². The van der Waals surface area contributed by atoms with E-state index in [0.29, 0.717) is 25.1 Å². The summed E-state index contributed by atoms with van der Waals surface area (Å²) < 4.78 is 2.14. The SMILES string of the molecule is CC(=O)NCc1ccc(C(=O)NCCc2nnc3n2CCC3)cc1. The van der Waals surface area contributed by atoms with Crippen LogP contribution >= 0.6 is 0 Å².